The van der Waals surface area contributed by atoms with E-state index < -0.39 is 0 Å². The largest absolute Gasteiger partial charge is 0.356 e. The molecule has 1 heterocycles. The van der Waals surface area contributed by atoms with Crippen LogP contribution in [0.3, 0.4) is 0 Å². The van der Waals surface area contributed by atoms with Crippen LogP contribution in [0.5, 0.6) is 0 Å². The molecule has 5 nitrogen and oxygen atoms in total. The summed E-state index contributed by atoms with van der Waals surface area (Å²) in [6.45, 7) is 1.06. The van der Waals surface area contributed by atoms with Crippen molar-refractivity contribution in [3.63, 3.8) is 0 Å². The molecule has 0 aliphatic carbocycles. The number of aromatic nitrogens is 2. The summed E-state index contributed by atoms with van der Waals surface area (Å²) in [6, 6.07) is 14.7. The molecular formula is C18H21FIN5. The average Bonchev–Trinajstić information content (AvgIpc) is 3.02. The van der Waals surface area contributed by atoms with Crippen molar-refractivity contribution in [3.8, 4) is 0 Å². The molecule has 7 heteroatoms. The lowest BCUT2D eigenvalue weighted by Gasteiger charge is -2.11. The molecule has 0 spiro atoms. The first-order chi connectivity index (χ1) is 11.8. The zero-order valence-electron chi connectivity index (χ0n) is 13.9. The number of halogens is 2. The number of hydrogen-bond donors (Lipinski definition) is 3. The number of aliphatic imine (C=N–C) groups is 1. The van der Waals surface area contributed by atoms with E-state index in [-0.39, 0.29) is 29.8 Å². The van der Waals surface area contributed by atoms with Gasteiger partial charge in [0.2, 0.25) is 0 Å². The van der Waals surface area contributed by atoms with Gasteiger partial charge in [0.15, 0.2) is 5.96 Å². The number of hydrogen-bond acceptors (Lipinski definition) is 2. The Morgan fingerprint density at radius 3 is 2.64 bits per heavy atom. The highest BCUT2D eigenvalue weighted by atomic mass is 127. The van der Waals surface area contributed by atoms with E-state index >= 15 is 0 Å². The van der Waals surface area contributed by atoms with Gasteiger partial charge in [-0.15, -0.1) is 24.0 Å². The minimum absolute atomic E-state index is 0. The smallest absolute Gasteiger partial charge is 0.191 e. The first-order valence-corrected chi connectivity index (χ1v) is 7.88. The molecule has 3 rings (SSSR count). The molecular weight excluding hydrogens is 432 g/mol. The van der Waals surface area contributed by atoms with Crippen LogP contribution in [0.4, 0.5) is 4.39 Å². The summed E-state index contributed by atoms with van der Waals surface area (Å²) in [6.07, 6.45) is 0.745. The fourth-order valence-electron chi connectivity index (χ4n) is 2.46. The van der Waals surface area contributed by atoms with E-state index in [0.717, 1.165) is 23.3 Å². The molecule has 0 bridgehead atoms. The predicted molar refractivity (Wildman–Crippen MR) is 110 cm³/mol. The Morgan fingerprint density at radius 2 is 1.88 bits per heavy atom. The number of nitrogens with zero attached hydrogens (tertiary/aromatic N) is 2. The molecule has 0 aliphatic heterocycles. The van der Waals surface area contributed by atoms with Crippen LogP contribution < -0.4 is 10.6 Å². The molecule has 0 fully saturated rings. The molecule has 3 N–H and O–H groups in total. The zero-order valence-corrected chi connectivity index (χ0v) is 16.3. The number of nitrogens with one attached hydrogen (secondary N) is 3. The normalized spacial score (nSPS) is 11.2. The van der Waals surface area contributed by atoms with Crippen LogP contribution in [0.2, 0.25) is 0 Å². The van der Waals surface area contributed by atoms with Crippen molar-refractivity contribution in [1.82, 2.24) is 20.6 Å². The highest BCUT2D eigenvalue weighted by Gasteiger charge is 2.04. The second-order valence-electron chi connectivity index (χ2n) is 5.39. The van der Waals surface area contributed by atoms with E-state index in [0.29, 0.717) is 24.6 Å². The van der Waals surface area contributed by atoms with E-state index in [4.69, 9.17) is 0 Å². The maximum atomic E-state index is 13.6. The lowest BCUT2D eigenvalue weighted by Crippen LogP contribution is -2.38. The Labute approximate surface area is 163 Å². The third-order valence-electron chi connectivity index (χ3n) is 3.72. The Bertz CT molecular complexity index is 813. The van der Waals surface area contributed by atoms with Crippen molar-refractivity contribution < 1.29 is 4.39 Å². The molecule has 0 amide bonds. The molecule has 2 aromatic carbocycles. The lowest BCUT2D eigenvalue weighted by molar-refractivity contribution is 0.604. The maximum absolute atomic E-state index is 13.6. The van der Waals surface area contributed by atoms with Crippen LogP contribution in [0.15, 0.2) is 53.5 Å². The Morgan fingerprint density at radius 1 is 1.12 bits per heavy atom. The van der Waals surface area contributed by atoms with E-state index in [1.165, 1.54) is 6.07 Å². The summed E-state index contributed by atoms with van der Waals surface area (Å²) in [5.74, 6) is 1.34. The van der Waals surface area contributed by atoms with Crippen molar-refractivity contribution in [2.45, 2.75) is 13.0 Å². The van der Waals surface area contributed by atoms with Gasteiger partial charge >= 0.3 is 0 Å². The number of H-pyrrole nitrogens is 1. The van der Waals surface area contributed by atoms with Gasteiger partial charge in [-0.25, -0.2) is 9.37 Å². The molecule has 0 aliphatic rings. The second-order valence-corrected chi connectivity index (χ2v) is 5.39. The number of imidazole rings is 1. The van der Waals surface area contributed by atoms with Crippen molar-refractivity contribution >= 4 is 41.0 Å². The number of fused-ring (bicyclic) bond motifs is 1. The Kier molecular flexibility index (Phi) is 7.17. The van der Waals surface area contributed by atoms with Gasteiger partial charge in [-0.3, -0.25) is 4.99 Å². The fraction of sp³-hybridized carbons (Fsp3) is 0.222. The number of guanidine groups is 1. The van der Waals surface area contributed by atoms with Gasteiger partial charge in [0.1, 0.15) is 11.6 Å². The van der Waals surface area contributed by atoms with Gasteiger partial charge in [0.05, 0.1) is 11.0 Å². The van der Waals surface area contributed by atoms with Gasteiger partial charge in [-0.2, -0.15) is 0 Å². The summed E-state index contributed by atoms with van der Waals surface area (Å²) in [7, 11) is 1.69. The molecule has 0 unspecified atom stereocenters. The number of benzene rings is 2. The van der Waals surface area contributed by atoms with Gasteiger partial charge in [-0.1, -0.05) is 30.3 Å². The highest BCUT2D eigenvalue weighted by molar-refractivity contribution is 14.0. The monoisotopic (exact) mass is 453 g/mol. The van der Waals surface area contributed by atoms with E-state index in [1.807, 2.05) is 30.3 Å². The summed E-state index contributed by atoms with van der Waals surface area (Å²) in [4.78, 5) is 12.0. The average molecular weight is 453 g/mol. The van der Waals surface area contributed by atoms with E-state index in [2.05, 4.69) is 25.6 Å². The van der Waals surface area contributed by atoms with Crippen LogP contribution in [-0.2, 0) is 13.0 Å². The third kappa shape index (κ3) is 5.15. The molecule has 1 aromatic heterocycles. The van der Waals surface area contributed by atoms with Gasteiger partial charge in [-0.05, 0) is 18.2 Å². The Hall–Kier alpha value is -2.16. The molecule has 3 aromatic rings. The SMILES string of the molecule is CN=C(NCCc1nc2ccccc2[nH]1)NCc1ccccc1F.I. The second kappa shape index (κ2) is 9.36. The molecule has 132 valence electrons. The molecule has 25 heavy (non-hydrogen) atoms. The van der Waals surface area contributed by atoms with Crippen molar-refractivity contribution in [2.75, 3.05) is 13.6 Å². The minimum Gasteiger partial charge on any atom is -0.356 e. The topological polar surface area (TPSA) is 65.1 Å². The van der Waals surface area contributed by atoms with Gasteiger partial charge in [0, 0.05) is 32.1 Å². The van der Waals surface area contributed by atoms with Crippen molar-refractivity contribution in [2.24, 2.45) is 4.99 Å². The summed E-state index contributed by atoms with van der Waals surface area (Å²) < 4.78 is 13.6. The maximum Gasteiger partial charge on any atom is 0.191 e. The molecule has 0 saturated carbocycles. The first kappa shape index (κ1) is 19.2. The zero-order chi connectivity index (χ0) is 16.8. The van der Waals surface area contributed by atoms with Crippen molar-refractivity contribution in [1.29, 1.82) is 0 Å². The third-order valence-corrected chi connectivity index (χ3v) is 3.72. The van der Waals surface area contributed by atoms with E-state index in [1.54, 1.807) is 19.2 Å². The summed E-state index contributed by atoms with van der Waals surface area (Å²) in [5, 5.41) is 6.32. The predicted octanol–water partition coefficient (Wildman–Crippen LogP) is 3.23. The lowest BCUT2D eigenvalue weighted by atomic mass is 10.2. The van der Waals surface area contributed by atoms with E-state index in [9.17, 15) is 4.39 Å². The number of para-hydroxylation sites is 2. The summed E-state index contributed by atoms with van der Waals surface area (Å²) >= 11 is 0. The first-order valence-electron chi connectivity index (χ1n) is 7.88. The van der Waals surface area contributed by atoms with Crippen LogP contribution in [0.1, 0.15) is 11.4 Å². The standard InChI is InChI=1S/C18H20FN5.HI/c1-20-18(22-12-13-6-2-3-7-14(13)19)21-11-10-17-23-15-8-4-5-9-16(15)24-17;/h2-9H,10-12H2,1H3,(H,23,24)(H2,20,21,22);1H. The number of rotatable bonds is 5. The van der Waals surface area contributed by atoms with Gasteiger partial charge in [0.25, 0.3) is 0 Å². The number of aromatic amines is 1. The summed E-state index contributed by atoms with van der Waals surface area (Å²) in [5.41, 5.74) is 2.61. The van der Waals surface area contributed by atoms with Crippen LogP contribution in [-0.4, -0.2) is 29.5 Å². The van der Waals surface area contributed by atoms with Crippen molar-refractivity contribution in [3.05, 3.63) is 65.7 Å². The van der Waals surface area contributed by atoms with Crippen LogP contribution in [0.25, 0.3) is 11.0 Å². The molecule has 0 atom stereocenters. The molecule has 0 radical (unpaired) electrons. The quantitative estimate of drug-likeness (QED) is 0.316. The molecule has 0 saturated heterocycles. The highest BCUT2D eigenvalue weighted by Crippen LogP contribution is 2.10. The van der Waals surface area contributed by atoms with Crippen LogP contribution in [0, 0.1) is 5.82 Å². The fourth-order valence-corrected chi connectivity index (χ4v) is 2.46. The minimum atomic E-state index is -0.220. The van der Waals surface area contributed by atoms with Gasteiger partial charge < -0.3 is 15.6 Å². The van der Waals surface area contributed by atoms with Crippen LogP contribution >= 0.6 is 24.0 Å². The Balaban J connectivity index is 0.00000225.